The molecule has 2 N–H and O–H groups in total. The molecule has 2 aliphatic rings. The van der Waals surface area contributed by atoms with Crippen molar-refractivity contribution in [3.63, 3.8) is 0 Å². The SMILES string of the molecule is C[n+]1ccc(-c2csc(C3=C(C(=O)[S-])N4C(=O)[C@@H](N)[C@H]4SC3)c2)cc1. The molecule has 0 radical (unpaired) electrons. The zero-order valence-corrected chi connectivity index (χ0v) is 15.8. The number of thioether (sulfide) groups is 1. The Hall–Kier alpha value is -1.74. The maximum atomic E-state index is 12.1. The van der Waals surface area contributed by atoms with Crippen LogP contribution in [-0.4, -0.2) is 33.1 Å². The lowest BCUT2D eigenvalue weighted by Crippen LogP contribution is -2.68. The normalized spacial score (nSPS) is 22.6. The number of carbonyl (C=O) groups is 2. The number of rotatable bonds is 3. The quantitative estimate of drug-likeness (QED) is 0.486. The highest BCUT2D eigenvalue weighted by atomic mass is 32.2. The van der Waals surface area contributed by atoms with Crippen LogP contribution in [0.4, 0.5) is 0 Å². The van der Waals surface area contributed by atoms with E-state index < -0.39 is 11.2 Å². The second-order valence-corrected chi connectivity index (χ2v) is 8.39. The molecule has 0 aromatic carbocycles. The fourth-order valence-corrected chi connectivity index (χ4v) is 5.62. The Kier molecular flexibility index (Phi) is 4.15. The molecule has 2 aromatic heterocycles. The highest BCUT2D eigenvalue weighted by Crippen LogP contribution is 2.44. The van der Waals surface area contributed by atoms with E-state index in [1.807, 2.05) is 36.1 Å². The van der Waals surface area contributed by atoms with Crippen molar-refractivity contribution in [1.29, 1.82) is 0 Å². The van der Waals surface area contributed by atoms with Gasteiger partial charge in [0.05, 0.1) is 10.8 Å². The summed E-state index contributed by atoms with van der Waals surface area (Å²) in [5.41, 5.74) is 9.19. The average Bonchev–Trinajstić information content (AvgIpc) is 3.10. The number of fused-ring (bicyclic) bond motifs is 1. The van der Waals surface area contributed by atoms with Gasteiger partial charge in [0.2, 0.25) is 5.91 Å². The highest BCUT2D eigenvalue weighted by Gasteiger charge is 2.50. The highest BCUT2D eigenvalue weighted by molar-refractivity contribution is 8.00. The molecule has 128 valence electrons. The third kappa shape index (κ3) is 2.69. The third-order valence-electron chi connectivity index (χ3n) is 4.41. The van der Waals surface area contributed by atoms with Crippen molar-refractivity contribution >= 4 is 52.3 Å². The van der Waals surface area contributed by atoms with Gasteiger partial charge in [0, 0.05) is 28.3 Å². The van der Waals surface area contributed by atoms with Crippen LogP contribution in [0, 0.1) is 0 Å². The Morgan fingerprint density at radius 3 is 2.76 bits per heavy atom. The summed E-state index contributed by atoms with van der Waals surface area (Å²) in [5.74, 6) is 0.402. The van der Waals surface area contributed by atoms with Crippen molar-refractivity contribution in [1.82, 2.24) is 4.90 Å². The number of thiophene rings is 1. The van der Waals surface area contributed by atoms with E-state index in [0.717, 1.165) is 21.6 Å². The molecule has 0 spiro atoms. The predicted molar refractivity (Wildman–Crippen MR) is 101 cm³/mol. The average molecular weight is 390 g/mol. The van der Waals surface area contributed by atoms with Crippen LogP contribution in [-0.2, 0) is 29.3 Å². The maximum Gasteiger partial charge on any atom is 0.248 e. The summed E-state index contributed by atoms with van der Waals surface area (Å²) in [5, 5.41) is 1.39. The minimum Gasteiger partial charge on any atom is -0.735 e. The summed E-state index contributed by atoms with van der Waals surface area (Å²) in [6.45, 7) is 0. The number of nitrogens with two attached hydrogens (primary N) is 1. The molecule has 2 atom stereocenters. The summed E-state index contributed by atoms with van der Waals surface area (Å²) < 4.78 is 1.98. The van der Waals surface area contributed by atoms with Crippen LogP contribution < -0.4 is 10.3 Å². The fraction of sp³-hybridized carbons (Fsp3) is 0.235. The summed E-state index contributed by atoms with van der Waals surface area (Å²) in [6, 6.07) is 5.60. The van der Waals surface area contributed by atoms with Crippen molar-refractivity contribution in [3.8, 4) is 11.1 Å². The van der Waals surface area contributed by atoms with Gasteiger partial charge in [-0.05, 0) is 22.6 Å². The largest absolute Gasteiger partial charge is 0.735 e. The van der Waals surface area contributed by atoms with Gasteiger partial charge in [-0.1, -0.05) is 0 Å². The van der Waals surface area contributed by atoms with Crippen LogP contribution in [0.25, 0.3) is 16.7 Å². The van der Waals surface area contributed by atoms with E-state index in [4.69, 9.17) is 18.4 Å². The lowest BCUT2D eigenvalue weighted by atomic mass is 10.0. The van der Waals surface area contributed by atoms with E-state index in [0.29, 0.717) is 11.4 Å². The van der Waals surface area contributed by atoms with Gasteiger partial charge in [-0.15, -0.1) is 23.1 Å². The number of pyridine rings is 1. The number of hydrogen-bond donors (Lipinski definition) is 1. The number of β-lactam (4-membered cyclic amide) rings is 1. The third-order valence-corrected chi connectivity index (χ3v) is 6.90. The molecule has 1 amide bonds. The van der Waals surface area contributed by atoms with Gasteiger partial charge in [-0.2, -0.15) is 0 Å². The molecule has 0 aliphatic carbocycles. The molecule has 4 heterocycles. The molecule has 5 nitrogen and oxygen atoms in total. The first-order chi connectivity index (χ1) is 12.0. The molecule has 2 aliphatic heterocycles. The van der Waals surface area contributed by atoms with Crippen LogP contribution in [0.3, 0.4) is 0 Å². The van der Waals surface area contributed by atoms with Gasteiger partial charge in [0.1, 0.15) is 18.5 Å². The topological polar surface area (TPSA) is 67.3 Å². The van der Waals surface area contributed by atoms with Gasteiger partial charge < -0.3 is 23.2 Å². The van der Waals surface area contributed by atoms with Crippen LogP contribution >= 0.6 is 23.1 Å². The van der Waals surface area contributed by atoms with E-state index >= 15 is 0 Å². The molecular formula is C17H15N3O2S3. The smallest absolute Gasteiger partial charge is 0.248 e. The molecule has 8 heteroatoms. The number of aryl methyl sites for hydroxylation is 1. The first-order valence-electron chi connectivity index (χ1n) is 7.66. The van der Waals surface area contributed by atoms with Crippen LogP contribution in [0.5, 0.6) is 0 Å². The van der Waals surface area contributed by atoms with Gasteiger partial charge in [0.15, 0.2) is 12.4 Å². The zero-order chi connectivity index (χ0) is 17.7. The number of hydrogen-bond acceptors (Lipinski definition) is 6. The molecule has 1 saturated heterocycles. The first-order valence-corrected chi connectivity index (χ1v) is 10.0. The Balaban J connectivity index is 1.74. The Bertz CT molecular complexity index is 904. The molecule has 0 unspecified atom stereocenters. The van der Waals surface area contributed by atoms with Gasteiger partial charge in [-0.3, -0.25) is 9.69 Å². The lowest BCUT2D eigenvalue weighted by Gasteiger charge is -2.49. The van der Waals surface area contributed by atoms with E-state index in [2.05, 4.69) is 11.4 Å². The second kappa shape index (κ2) is 6.21. The minimum absolute atomic E-state index is 0.174. The maximum absolute atomic E-state index is 12.1. The monoisotopic (exact) mass is 389 g/mol. The Morgan fingerprint density at radius 1 is 1.36 bits per heavy atom. The number of carbonyl (C=O) groups excluding carboxylic acids is 2. The van der Waals surface area contributed by atoms with Crippen molar-refractivity contribution in [2.24, 2.45) is 12.8 Å². The summed E-state index contributed by atoms with van der Waals surface area (Å²) >= 11 is 8.05. The molecule has 25 heavy (non-hydrogen) atoms. The van der Waals surface area contributed by atoms with Gasteiger partial charge in [-0.25, -0.2) is 4.57 Å². The van der Waals surface area contributed by atoms with Crippen LogP contribution in [0.1, 0.15) is 4.88 Å². The van der Waals surface area contributed by atoms with E-state index in [9.17, 15) is 9.59 Å². The lowest BCUT2D eigenvalue weighted by molar-refractivity contribution is -0.671. The molecular weight excluding hydrogens is 374 g/mol. The van der Waals surface area contributed by atoms with Crippen molar-refractivity contribution < 1.29 is 14.2 Å². The summed E-state index contributed by atoms with van der Waals surface area (Å²) in [7, 11) is 1.97. The molecule has 0 saturated carbocycles. The predicted octanol–water partition coefficient (Wildman–Crippen LogP) is 1.27. The van der Waals surface area contributed by atoms with Gasteiger partial charge >= 0.3 is 0 Å². The summed E-state index contributed by atoms with van der Waals surface area (Å²) in [4.78, 5) is 26.6. The Morgan fingerprint density at radius 2 is 2.08 bits per heavy atom. The van der Waals surface area contributed by atoms with Crippen LogP contribution in [0.15, 0.2) is 41.7 Å². The molecule has 4 rings (SSSR count). The zero-order valence-electron chi connectivity index (χ0n) is 13.3. The second-order valence-electron chi connectivity index (χ2n) is 6.00. The summed E-state index contributed by atoms with van der Waals surface area (Å²) in [6.07, 6.45) is 3.98. The van der Waals surface area contributed by atoms with Crippen LogP contribution in [0.2, 0.25) is 0 Å². The van der Waals surface area contributed by atoms with E-state index in [1.54, 1.807) is 23.1 Å². The van der Waals surface area contributed by atoms with Crippen molar-refractivity contribution in [3.05, 3.63) is 46.5 Å². The number of aromatic nitrogens is 1. The van der Waals surface area contributed by atoms with Crippen molar-refractivity contribution in [2.75, 3.05) is 5.75 Å². The Labute approximate surface area is 158 Å². The molecule has 1 fully saturated rings. The van der Waals surface area contributed by atoms with Crippen molar-refractivity contribution in [2.45, 2.75) is 11.4 Å². The molecule has 2 aromatic rings. The number of amides is 1. The first kappa shape index (κ1) is 16.7. The number of nitrogens with zero attached hydrogens (tertiary/aromatic N) is 2. The minimum atomic E-state index is -0.542. The van der Waals surface area contributed by atoms with E-state index in [1.165, 1.54) is 4.90 Å². The fourth-order valence-electron chi connectivity index (χ4n) is 3.03. The standard InChI is InChI=1S/C17H15N3O2S3/c1-19-4-2-9(3-5-19)10-6-12(24-7-10)11-8-25-16-13(18)15(21)20(16)14(11)17(22)23/h2-7,13,16H,8,18H2,1H3/t13-,16-/m1/s1. The molecule has 0 bridgehead atoms. The van der Waals surface area contributed by atoms with E-state index in [-0.39, 0.29) is 11.3 Å². The van der Waals surface area contributed by atoms with Gasteiger partial charge in [0.25, 0.3) is 0 Å².